The van der Waals surface area contributed by atoms with Crippen LogP contribution < -0.4 is 0 Å². The molecule has 0 aliphatic rings. The fourth-order valence-electron chi connectivity index (χ4n) is 7.00. The molecule has 0 bridgehead atoms. The third-order valence-electron chi connectivity index (χ3n) is 9.31. The van der Waals surface area contributed by atoms with Crippen molar-refractivity contribution < 1.29 is 11.3 Å². The molecular formula is C46H29N3O. The highest BCUT2D eigenvalue weighted by Crippen LogP contribution is 2.40. The summed E-state index contributed by atoms with van der Waals surface area (Å²) >= 11 is 0. The van der Waals surface area contributed by atoms with Crippen molar-refractivity contribution in [3.63, 3.8) is 0 Å². The number of nitrogens with zero attached hydrogens (tertiary/aromatic N) is 3. The van der Waals surface area contributed by atoms with Gasteiger partial charge in [0, 0.05) is 49.5 Å². The van der Waals surface area contributed by atoms with E-state index in [1.54, 1.807) is 6.07 Å². The maximum absolute atomic E-state index is 8.66. The van der Waals surface area contributed by atoms with Crippen LogP contribution in [0.4, 0.5) is 0 Å². The van der Waals surface area contributed by atoms with Gasteiger partial charge in [0.05, 0.1) is 29.3 Å². The first-order valence-corrected chi connectivity index (χ1v) is 16.4. The van der Waals surface area contributed by atoms with Gasteiger partial charge in [-0.05, 0) is 54.1 Å². The molecule has 4 heteroatoms. The summed E-state index contributed by atoms with van der Waals surface area (Å²) < 4.78 is 51.0. The van der Waals surface area contributed by atoms with Gasteiger partial charge in [0.25, 0.3) is 0 Å². The summed E-state index contributed by atoms with van der Waals surface area (Å²) in [6.45, 7) is 0. The quantitative estimate of drug-likeness (QED) is 0.187. The van der Waals surface area contributed by atoms with Crippen molar-refractivity contribution in [3.8, 4) is 50.7 Å². The van der Waals surface area contributed by atoms with E-state index in [9.17, 15) is 0 Å². The zero-order valence-corrected chi connectivity index (χ0v) is 26.6. The molecule has 0 saturated carbocycles. The topological polar surface area (TPSA) is 43.9 Å². The van der Waals surface area contributed by atoms with E-state index in [2.05, 4.69) is 89.5 Å². The van der Waals surface area contributed by atoms with E-state index in [0.717, 1.165) is 55.2 Å². The maximum Gasteiger partial charge on any atom is 0.160 e. The highest BCUT2D eigenvalue weighted by Gasteiger charge is 2.18. The predicted molar refractivity (Wildman–Crippen MR) is 205 cm³/mol. The lowest BCUT2D eigenvalue weighted by Crippen LogP contribution is -1.95. The SMILES string of the molecule is [2H]c1c([2H])c([2H])c(-c2cc(-c3ccccc3)nc(-c3ccc4c(c3)oc3c(-c5ccc6c(c5)c5ccccc5n6-c5ccccc5)cccc34)n2)c([2H])c1[2H]. The van der Waals surface area contributed by atoms with Crippen molar-refractivity contribution in [2.24, 2.45) is 0 Å². The average Bonchev–Trinajstić information content (AvgIpc) is 3.78. The summed E-state index contributed by atoms with van der Waals surface area (Å²) in [5, 5.41) is 4.24. The summed E-state index contributed by atoms with van der Waals surface area (Å²) in [5.41, 5.74) is 9.07. The van der Waals surface area contributed by atoms with Gasteiger partial charge < -0.3 is 8.98 Å². The van der Waals surface area contributed by atoms with Crippen LogP contribution in [0.3, 0.4) is 0 Å². The number of fused-ring (bicyclic) bond motifs is 6. The molecule has 4 nitrogen and oxygen atoms in total. The van der Waals surface area contributed by atoms with Crippen LogP contribution >= 0.6 is 0 Å². The van der Waals surface area contributed by atoms with Gasteiger partial charge >= 0.3 is 0 Å². The minimum absolute atomic E-state index is 0.0187. The van der Waals surface area contributed by atoms with Crippen LogP contribution in [-0.4, -0.2) is 14.5 Å². The van der Waals surface area contributed by atoms with Crippen LogP contribution in [0.1, 0.15) is 6.85 Å². The monoisotopic (exact) mass is 644 g/mol. The zero-order chi connectivity index (χ0) is 37.4. The molecule has 10 rings (SSSR count). The number of hydrogen-bond donors (Lipinski definition) is 0. The number of furan rings is 1. The molecule has 3 aromatic heterocycles. The molecule has 3 heterocycles. The van der Waals surface area contributed by atoms with E-state index < -0.39 is 18.1 Å². The van der Waals surface area contributed by atoms with Crippen molar-refractivity contribution in [3.05, 3.63) is 176 Å². The molecule has 234 valence electrons. The van der Waals surface area contributed by atoms with E-state index >= 15 is 0 Å². The Morgan fingerprint density at radius 3 is 2.02 bits per heavy atom. The Kier molecular flexibility index (Phi) is 5.38. The van der Waals surface area contributed by atoms with E-state index in [-0.39, 0.29) is 23.3 Å². The number of hydrogen-bond acceptors (Lipinski definition) is 3. The highest BCUT2D eigenvalue weighted by atomic mass is 16.3. The van der Waals surface area contributed by atoms with E-state index in [1.807, 2.05) is 54.6 Å². The minimum atomic E-state index is -0.454. The first-order valence-electron chi connectivity index (χ1n) is 18.9. The average molecular weight is 645 g/mol. The maximum atomic E-state index is 8.66. The van der Waals surface area contributed by atoms with Crippen LogP contribution in [0.15, 0.2) is 180 Å². The zero-order valence-electron chi connectivity index (χ0n) is 31.6. The molecule has 0 aliphatic heterocycles. The molecule has 0 N–H and O–H groups in total. The summed E-state index contributed by atoms with van der Waals surface area (Å²) in [4.78, 5) is 9.73. The minimum Gasteiger partial charge on any atom is -0.455 e. The second kappa shape index (κ2) is 11.4. The van der Waals surface area contributed by atoms with Gasteiger partial charge in [-0.2, -0.15) is 0 Å². The second-order valence-electron chi connectivity index (χ2n) is 12.2. The van der Waals surface area contributed by atoms with Crippen LogP contribution in [0.5, 0.6) is 0 Å². The molecule has 0 radical (unpaired) electrons. The molecule has 10 aromatic rings. The molecule has 7 aromatic carbocycles. The number of rotatable bonds is 5. The Hall–Kier alpha value is -6.78. The third-order valence-corrected chi connectivity index (χ3v) is 9.31. The van der Waals surface area contributed by atoms with Gasteiger partial charge in [0.2, 0.25) is 0 Å². The molecule has 0 atom stereocenters. The lowest BCUT2D eigenvalue weighted by molar-refractivity contribution is 0.670. The van der Waals surface area contributed by atoms with Crippen LogP contribution in [0, 0.1) is 0 Å². The fraction of sp³-hybridized carbons (Fsp3) is 0. The molecule has 0 amide bonds. The van der Waals surface area contributed by atoms with Gasteiger partial charge in [-0.15, -0.1) is 0 Å². The second-order valence-corrected chi connectivity index (χ2v) is 12.2. The lowest BCUT2D eigenvalue weighted by Gasteiger charge is -2.09. The summed E-state index contributed by atoms with van der Waals surface area (Å²) in [6, 6.07) is 46.8. The van der Waals surface area contributed by atoms with Crippen molar-refractivity contribution in [1.82, 2.24) is 14.5 Å². The molecule has 0 saturated heterocycles. The Morgan fingerprint density at radius 2 is 1.18 bits per heavy atom. The Labute approximate surface area is 295 Å². The Bertz CT molecular complexity index is 3130. The van der Waals surface area contributed by atoms with Crippen molar-refractivity contribution in [2.45, 2.75) is 0 Å². The van der Waals surface area contributed by atoms with Gasteiger partial charge in [-0.1, -0.05) is 127 Å². The van der Waals surface area contributed by atoms with Gasteiger partial charge in [-0.3, -0.25) is 0 Å². The predicted octanol–water partition coefficient (Wildman–Crippen LogP) is 12.1. The standard InChI is InChI=1S/C46H29N3O/c1-4-13-30(14-5-1)40-29-41(31-15-6-2-7-16-31)48-46(47-40)33-23-25-37-38-21-12-20-35(45(38)50-44(37)28-33)32-24-26-43-39(27-32)36-19-10-11-22-42(36)49(43)34-17-8-3-9-18-34/h1-29H/i1D,4D,5D,13D,14D. The first kappa shape index (κ1) is 23.5. The highest BCUT2D eigenvalue weighted by molar-refractivity contribution is 6.13. The Balaban J connectivity index is 1.13. The van der Waals surface area contributed by atoms with Crippen LogP contribution in [-0.2, 0) is 0 Å². The van der Waals surface area contributed by atoms with E-state index in [1.165, 1.54) is 5.39 Å². The fourth-order valence-corrected chi connectivity index (χ4v) is 7.00. The third kappa shape index (κ3) is 4.61. The van der Waals surface area contributed by atoms with E-state index in [4.69, 9.17) is 21.2 Å². The van der Waals surface area contributed by atoms with Crippen molar-refractivity contribution in [2.75, 3.05) is 0 Å². The van der Waals surface area contributed by atoms with Gasteiger partial charge in [0.1, 0.15) is 11.2 Å². The van der Waals surface area contributed by atoms with E-state index in [0.29, 0.717) is 22.7 Å². The normalized spacial score (nSPS) is 13.0. The molecule has 0 unspecified atom stereocenters. The molecule has 50 heavy (non-hydrogen) atoms. The number of aromatic nitrogens is 3. The first-order chi connectivity index (χ1) is 26.9. The largest absolute Gasteiger partial charge is 0.455 e. The smallest absolute Gasteiger partial charge is 0.160 e. The van der Waals surface area contributed by atoms with Gasteiger partial charge in [0.15, 0.2) is 5.82 Å². The number of para-hydroxylation sites is 3. The molecule has 0 fully saturated rings. The molecular weight excluding hydrogens is 611 g/mol. The van der Waals surface area contributed by atoms with Crippen molar-refractivity contribution in [1.29, 1.82) is 0 Å². The van der Waals surface area contributed by atoms with Crippen LogP contribution in [0.25, 0.3) is 94.5 Å². The summed E-state index contributed by atoms with van der Waals surface area (Å²) in [7, 11) is 0. The van der Waals surface area contributed by atoms with Crippen molar-refractivity contribution >= 4 is 43.7 Å². The lowest BCUT2D eigenvalue weighted by atomic mass is 10.00. The summed E-state index contributed by atoms with van der Waals surface area (Å²) in [6.07, 6.45) is 0. The summed E-state index contributed by atoms with van der Waals surface area (Å²) in [5.74, 6) is 0.339. The van der Waals surface area contributed by atoms with Gasteiger partial charge in [-0.25, -0.2) is 9.97 Å². The molecule has 0 aliphatic carbocycles. The molecule has 0 spiro atoms. The van der Waals surface area contributed by atoms with Crippen LogP contribution in [0.2, 0.25) is 0 Å². The Morgan fingerprint density at radius 1 is 0.480 bits per heavy atom. The number of benzene rings is 7.